The van der Waals surface area contributed by atoms with Gasteiger partial charge in [-0.25, -0.2) is 4.98 Å². The summed E-state index contributed by atoms with van der Waals surface area (Å²) in [5.74, 6) is 1.21. The van der Waals surface area contributed by atoms with Crippen molar-refractivity contribution in [3.63, 3.8) is 0 Å². The van der Waals surface area contributed by atoms with Crippen LogP contribution in [0.1, 0.15) is 12.0 Å². The van der Waals surface area contributed by atoms with Gasteiger partial charge in [-0.1, -0.05) is 35.6 Å². The van der Waals surface area contributed by atoms with Crippen molar-refractivity contribution in [1.82, 2.24) is 9.88 Å². The zero-order chi connectivity index (χ0) is 22.3. The van der Waals surface area contributed by atoms with E-state index in [1.165, 1.54) is 0 Å². The molecule has 0 aliphatic carbocycles. The van der Waals surface area contributed by atoms with Crippen molar-refractivity contribution in [2.75, 3.05) is 57.2 Å². The molecule has 0 N–H and O–H groups in total. The molecule has 0 atom stereocenters. The highest BCUT2D eigenvalue weighted by Crippen LogP contribution is 2.36. The Kier molecular flexibility index (Phi) is 8.02. The van der Waals surface area contributed by atoms with Gasteiger partial charge in [0.2, 0.25) is 5.91 Å². The van der Waals surface area contributed by atoms with E-state index in [0.29, 0.717) is 12.3 Å². The van der Waals surface area contributed by atoms with Crippen molar-refractivity contribution in [3.05, 3.63) is 48.0 Å². The Bertz CT molecular complexity index is 1040. The molecule has 0 spiro atoms. The first-order chi connectivity index (χ1) is 15.7. The molecule has 2 aromatic carbocycles. The van der Waals surface area contributed by atoms with Gasteiger partial charge in [0, 0.05) is 31.1 Å². The first kappa shape index (κ1) is 23.0. The molecule has 4 rings (SSSR count). The summed E-state index contributed by atoms with van der Waals surface area (Å²) in [4.78, 5) is 23.5. The molecule has 1 aromatic heterocycles. The Balaban J connectivity index is 1.52. The third kappa shape index (κ3) is 5.61. The lowest BCUT2D eigenvalue weighted by Gasteiger charge is -2.27. The molecular formula is C24H29N3O3S2. The average Bonchev–Trinajstić information content (AvgIpc) is 3.28. The Morgan fingerprint density at radius 2 is 2.00 bits per heavy atom. The van der Waals surface area contributed by atoms with Gasteiger partial charge in [0.05, 0.1) is 30.8 Å². The van der Waals surface area contributed by atoms with Crippen LogP contribution in [-0.2, 0) is 9.53 Å². The van der Waals surface area contributed by atoms with Gasteiger partial charge in [-0.05, 0) is 37.1 Å². The van der Waals surface area contributed by atoms with Crippen LogP contribution < -0.4 is 9.64 Å². The van der Waals surface area contributed by atoms with Crippen LogP contribution in [0, 0.1) is 6.92 Å². The van der Waals surface area contributed by atoms with Crippen LogP contribution in [0.15, 0.2) is 47.4 Å². The molecule has 0 unspecified atom stereocenters. The SMILES string of the molecule is COc1ccc(C)c2sc(N(CCCN3CCOCC3)C(=O)CSc3ccccc3)nc12. The molecule has 1 saturated heterocycles. The number of anilines is 1. The molecule has 8 heteroatoms. The molecule has 0 bridgehead atoms. The monoisotopic (exact) mass is 471 g/mol. The van der Waals surface area contributed by atoms with Crippen LogP contribution in [0.5, 0.6) is 5.75 Å². The van der Waals surface area contributed by atoms with Crippen LogP contribution in [0.25, 0.3) is 10.2 Å². The van der Waals surface area contributed by atoms with Gasteiger partial charge in [-0.2, -0.15) is 0 Å². The largest absolute Gasteiger partial charge is 0.494 e. The van der Waals surface area contributed by atoms with Gasteiger partial charge >= 0.3 is 0 Å². The fourth-order valence-electron chi connectivity index (χ4n) is 3.72. The minimum absolute atomic E-state index is 0.0801. The Labute approximate surface area is 197 Å². The molecule has 0 radical (unpaired) electrons. The normalized spacial score (nSPS) is 14.6. The number of hydrogen-bond acceptors (Lipinski definition) is 7. The zero-order valence-electron chi connectivity index (χ0n) is 18.6. The number of rotatable bonds is 9. The summed E-state index contributed by atoms with van der Waals surface area (Å²) in [7, 11) is 1.66. The first-order valence-electron chi connectivity index (χ1n) is 10.9. The van der Waals surface area contributed by atoms with Crippen LogP contribution in [0.2, 0.25) is 0 Å². The zero-order valence-corrected chi connectivity index (χ0v) is 20.2. The number of thioether (sulfide) groups is 1. The summed E-state index contributed by atoms with van der Waals surface area (Å²) in [5.41, 5.74) is 1.97. The van der Waals surface area contributed by atoms with Crippen LogP contribution >= 0.6 is 23.1 Å². The van der Waals surface area contributed by atoms with Crippen LogP contribution in [-0.4, -0.2) is 68.0 Å². The third-order valence-corrected chi connectivity index (χ3v) is 7.72. The van der Waals surface area contributed by atoms with Gasteiger partial charge < -0.3 is 9.47 Å². The molecule has 3 aromatic rings. The van der Waals surface area contributed by atoms with Crippen molar-refractivity contribution in [2.24, 2.45) is 0 Å². The number of hydrogen-bond donors (Lipinski definition) is 0. The van der Waals surface area contributed by atoms with Gasteiger partial charge in [-0.3, -0.25) is 14.6 Å². The maximum atomic E-state index is 13.3. The van der Waals surface area contributed by atoms with Gasteiger partial charge in [0.1, 0.15) is 11.3 Å². The molecule has 1 fully saturated rings. The summed E-state index contributed by atoms with van der Waals surface area (Å²) in [6.07, 6.45) is 0.897. The minimum Gasteiger partial charge on any atom is -0.494 e. The van der Waals surface area contributed by atoms with Crippen molar-refractivity contribution >= 4 is 44.4 Å². The van der Waals surface area contributed by atoms with Crippen molar-refractivity contribution in [1.29, 1.82) is 0 Å². The number of benzene rings is 2. The van der Waals surface area contributed by atoms with Crippen LogP contribution in [0.4, 0.5) is 5.13 Å². The second-order valence-corrected chi connectivity index (χ2v) is 9.74. The number of carbonyl (C=O) groups is 1. The average molecular weight is 472 g/mol. The molecule has 2 heterocycles. The number of carbonyl (C=O) groups excluding carboxylic acids is 1. The Hall–Kier alpha value is -2.13. The third-order valence-electron chi connectivity index (χ3n) is 5.51. The molecule has 1 amide bonds. The van der Waals surface area contributed by atoms with E-state index in [4.69, 9.17) is 14.5 Å². The predicted molar refractivity (Wildman–Crippen MR) is 132 cm³/mol. The van der Waals surface area contributed by atoms with E-state index in [1.54, 1.807) is 30.2 Å². The lowest BCUT2D eigenvalue weighted by molar-refractivity contribution is -0.116. The van der Waals surface area contributed by atoms with Gasteiger partial charge in [0.15, 0.2) is 5.13 Å². The van der Waals surface area contributed by atoms with E-state index < -0.39 is 0 Å². The lowest BCUT2D eigenvalue weighted by Crippen LogP contribution is -2.39. The van der Waals surface area contributed by atoms with Crippen LogP contribution in [0.3, 0.4) is 0 Å². The lowest BCUT2D eigenvalue weighted by atomic mass is 10.2. The fraction of sp³-hybridized carbons (Fsp3) is 0.417. The smallest absolute Gasteiger partial charge is 0.239 e. The van der Waals surface area contributed by atoms with E-state index in [9.17, 15) is 4.79 Å². The molecular weight excluding hydrogens is 442 g/mol. The number of methoxy groups -OCH3 is 1. The highest BCUT2D eigenvalue weighted by atomic mass is 32.2. The highest BCUT2D eigenvalue weighted by molar-refractivity contribution is 8.00. The number of aryl methyl sites for hydroxylation is 1. The summed E-state index contributed by atoms with van der Waals surface area (Å²) in [5, 5.41) is 0.744. The maximum Gasteiger partial charge on any atom is 0.239 e. The number of thiazole rings is 1. The second kappa shape index (κ2) is 11.1. The number of morpholine rings is 1. The topological polar surface area (TPSA) is 54.9 Å². The quantitative estimate of drug-likeness (QED) is 0.430. The van der Waals surface area contributed by atoms with Crippen molar-refractivity contribution in [3.8, 4) is 5.75 Å². The second-order valence-electron chi connectivity index (χ2n) is 7.71. The fourth-order valence-corrected chi connectivity index (χ4v) is 5.61. The first-order valence-corrected chi connectivity index (χ1v) is 12.7. The van der Waals surface area contributed by atoms with Gasteiger partial charge in [-0.15, -0.1) is 11.8 Å². The van der Waals surface area contributed by atoms with E-state index in [2.05, 4.69) is 11.8 Å². The van der Waals surface area contributed by atoms with Gasteiger partial charge in [0.25, 0.3) is 0 Å². The molecule has 6 nitrogen and oxygen atoms in total. The summed E-state index contributed by atoms with van der Waals surface area (Å²) in [6.45, 7) is 7.14. The Morgan fingerprint density at radius 1 is 1.22 bits per heavy atom. The molecule has 1 aliphatic heterocycles. The van der Waals surface area contributed by atoms with E-state index >= 15 is 0 Å². The number of aromatic nitrogens is 1. The standard InChI is InChI=1S/C24H29N3O3S2/c1-18-9-10-20(29-2)22-23(18)32-24(25-22)27(12-6-11-26-13-15-30-16-14-26)21(28)17-31-19-7-4-3-5-8-19/h3-5,7-10H,6,11-17H2,1-2H3. The van der Waals surface area contributed by atoms with Crippen molar-refractivity contribution < 1.29 is 14.3 Å². The Morgan fingerprint density at radius 3 is 2.75 bits per heavy atom. The molecule has 170 valence electrons. The number of nitrogens with zero attached hydrogens (tertiary/aromatic N) is 3. The summed E-state index contributed by atoms with van der Waals surface area (Å²) < 4.78 is 12.0. The molecule has 1 aliphatic rings. The summed E-state index contributed by atoms with van der Waals surface area (Å²) in [6, 6.07) is 14.0. The molecule has 0 saturated carbocycles. The van der Waals surface area contributed by atoms with E-state index in [-0.39, 0.29) is 5.91 Å². The number of fused-ring (bicyclic) bond motifs is 1. The maximum absolute atomic E-state index is 13.3. The molecule has 32 heavy (non-hydrogen) atoms. The van der Waals surface area contributed by atoms with E-state index in [1.807, 2.05) is 47.4 Å². The highest BCUT2D eigenvalue weighted by Gasteiger charge is 2.22. The number of amides is 1. The van der Waals surface area contributed by atoms with E-state index in [0.717, 1.165) is 70.8 Å². The number of ether oxygens (including phenoxy) is 2. The minimum atomic E-state index is 0.0801. The predicted octanol–water partition coefficient (Wildman–Crippen LogP) is 4.46. The summed E-state index contributed by atoms with van der Waals surface area (Å²) >= 11 is 3.13. The van der Waals surface area contributed by atoms with Crippen molar-refractivity contribution in [2.45, 2.75) is 18.2 Å².